The van der Waals surface area contributed by atoms with Crippen molar-refractivity contribution in [1.29, 1.82) is 0 Å². The summed E-state index contributed by atoms with van der Waals surface area (Å²) < 4.78 is 28.6. The topological polar surface area (TPSA) is 51.0 Å². The first-order valence-electron chi connectivity index (χ1n) is 3.59. The lowest BCUT2D eigenvalue weighted by Gasteiger charge is -2.22. The highest BCUT2D eigenvalue weighted by Crippen LogP contribution is 2.22. The molecule has 1 fully saturated rings. The zero-order valence-corrected chi connectivity index (χ0v) is 6.13. The number of halogens is 2. The van der Waals surface area contributed by atoms with E-state index in [9.17, 15) is 8.78 Å². The molecule has 0 aromatic carbocycles. The summed E-state index contributed by atoms with van der Waals surface area (Å²) in [4.78, 5) is 0. The van der Waals surface area contributed by atoms with Crippen molar-refractivity contribution < 1.29 is 13.2 Å². The standard InChI is InChI=1S/C6H7F2N3O/c7-4(8)6-11-10-5(12-6)3-1-9-2-3/h3-4,9H,1-2H2. The van der Waals surface area contributed by atoms with Gasteiger partial charge in [0.05, 0.1) is 5.92 Å². The van der Waals surface area contributed by atoms with Crippen molar-refractivity contribution in [2.75, 3.05) is 13.1 Å². The van der Waals surface area contributed by atoms with E-state index >= 15 is 0 Å². The molecule has 0 saturated carbocycles. The van der Waals surface area contributed by atoms with Gasteiger partial charge in [-0.1, -0.05) is 0 Å². The fourth-order valence-electron chi connectivity index (χ4n) is 0.963. The SMILES string of the molecule is FC(F)c1nnc(C2CNC2)o1. The summed E-state index contributed by atoms with van der Waals surface area (Å²) in [5.74, 6) is -0.161. The second-order valence-electron chi connectivity index (χ2n) is 2.63. The molecule has 4 nitrogen and oxygen atoms in total. The monoisotopic (exact) mass is 175 g/mol. The zero-order valence-electron chi connectivity index (χ0n) is 6.13. The van der Waals surface area contributed by atoms with E-state index in [1.165, 1.54) is 0 Å². The molecule has 0 unspecified atom stereocenters. The minimum atomic E-state index is -2.67. The average molecular weight is 175 g/mol. The minimum Gasteiger partial charge on any atom is -0.419 e. The van der Waals surface area contributed by atoms with Gasteiger partial charge in [-0.05, 0) is 0 Å². The Labute approximate surface area is 67.0 Å². The van der Waals surface area contributed by atoms with E-state index in [1.807, 2.05) is 0 Å². The third-order valence-corrected chi connectivity index (χ3v) is 1.77. The van der Waals surface area contributed by atoms with E-state index in [2.05, 4.69) is 15.5 Å². The van der Waals surface area contributed by atoms with Crippen LogP contribution in [0.1, 0.15) is 24.1 Å². The van der Waals surface area contributed by atoms with Crippen molar-refractivity contribution in [3.05, 3.63) is 11.8 Å². The van der Waals surface area contributed by atoms with Crippen molar-refractivity contribution in [3.8, 4) is 0 Å². The molecule has 0 aliphatic carbocycles. The summed E-state index contributed by atoms with van der Waals surface area (Å²) in [6, 6.07) is 0. The molecule has 0 atom stereocenters. The molecular weight excluding hydrogens is 168 g/mol. The Morgan fingerprint density at radius 1 is 1.42 bits per heavy atom. The van der Waals surface area contributed by atoms with Gasteiger partial charge in [-0.15, -0.1) is 10.2 Å². The van der Waals surface area contributed by atoms with Crippen molar-refractivity contribution >= 4 is 0 Å². The van der Waals surface area contributed by atoms with E-state index in [1.54, 1.807) is 0 Å². The van der Waals surface area contributed by atoms with Gasteiger partial charge in [0.2, 0.25) is 5.89 Å². The van der Waals surface area contributed by atoms with Crippen LogP contribution in [-0.2, 0) is 0 Å². The van der Waals surface area contributed by atoms with Gasteiger partial charge in [0.15, 0.2) is 0 Å². The van der Waals surface area contributed by atoms with Gasteiger partial charge in [0, 0.05) is 13.1 Å². The van der Waals surface area contributed by atoms with Crippen molar-refractivity contribution in [3.63, 3.8) is 0 Å². The molecule has 2 heterocycles. The summed E-state index contributed by atoms with van der Waals surface area (Å²) in [6.45, 7) is 1.45. The van der Waals surface area contributed by atoms with Crippen LogP contribution in [0.3, 0.4) is 0 Å². The summed E-state index contributed by atoms with van der Waals surface area (Å²) in [7, 11) is 0. The Morgan fingerprint density at radius 2 is 2.17 bits per heavy atom. The first-order valence-corrected chi connectivity index (χ1v) is 3.59. The summed E-state index contributed by atoms with van der Waals surface area (Å²) in [5, 5.41) is 9.73. The molecule has 1 saturated heterocycles. The molecule has 2 rings (SSSR count). The van der Waals surface area contributed by atoms with Crippen LogP contribution in [0.15, 0.2) is 4.42 Å². The van der Waals surface area contributed by atoms with Gasteiger partial charge in [-0.25, -0.2) is 0 Å². The Bertz CT molecular complexity index is 272. The minimum absolute atomic E-state index is 0.116. The molecule has 1 aromatic rings. The number of alkyl halides is 2. The Morgan fingerprint density at radius 3 is 2.58 bits per heavy atom. The normalized spacial score (nSPS) is 18.2. The molecule has 0 amide bonds. The average Bonchev–Trinajstić information content (AvgIpc) is 2.32. The zero-order chi connectivity index (χ0) is 8.55. The predicted octanol–water partition coefficient (Wildman–Crippen LogP) is 0.694. The smallest absolute Gasteiger partial charge is 0.314 e. The van der Waals surface area contributed by atoms with Crippen molar-refractivity contribution in [2.24, 2.45) is 0 Å². The number of nitrogens with one attached hydrogen (secondary N) is 1. The molecule has 6 heteroatoms. The van der Waals surface area contributed by atoms with E-state index < -0.39 is 12.3 Å². The van der Waals surface area contributed by atoms with Gasteiger partial charge < -0.3 is 9.73 Å². The fourth-order valence-corrected chi connectivity index (χ4v) is 0.963. The van der Waals surface area contributed by atoms with Crippen LogP contribution in [0.2, 0.25) is 0 Å². The maximum absolute atomic E-state index is 12.0. The first-order chi connectivity index (χ1) is 5.77. The van der Waals surface area contributed by atoms with Gasteiger partial charge in [0.1, 0.15) is 0 Å². The second kappa shape index (κ2) is 2.78. The van der Waals surface area contributed by atoms with E-state index in [0.29, 0.717) is 5.89 Å². The number of hydrogen-bond donors (Lipinski definition) is 1. The molecule has 1 N–H and O–H groups in total. The third-order valence-electron chi connectivity index (χ3n) is 1.77. The molecule has 12 heavy (non-hydrogen) atoms. The maximum Gasteiger partial charge on any atom is 0.314 e. The van der Waals surface area contributed by atoms with Crippen LogP contribution in [0, 0.1) is 0 Å². The Hall–Kier alpha value is -1.04. The molecule has 1 aromatic heterocycles. The lowest BCUT2D eigenvalue weighted by Crippen LogP contribution is -2.40. The predicted molar refractivity (Wildman–Crippen MR) is 34.9 cm³/mol. The maximum atomic E-state index is 12.0. The number of nitrogens with zero attached hydrogens (tertiary/aromatic N) is 2. The molecule has 0 bridgehead atoms. The molecule has 1 aliphatic rings. The number of aromatic nitrogens is 2. The van der Waals surface area contributed by atoms with Crippen LogP contribution in [-0.4, -0.2) is 23.3 Å². The summed E-state index contributed by atoms with van der Waals surface area (Å²) in [6.07, 6.45) is -2.67. The van der Waals surface area contributed by atoms with Crippen molar-refractivity contribution in [1.82, 2.24) is 15.5 Å². The molecule has 1 aliphatic heterocycles. The lowest BCUT2D eigenvalue weighted by molar-refractivity contribution is 0.112. The van der Waals surface area contributed by atoms with Crippen LogP contribution in [0.25, 0.3) is 0 Å². The van der Waals surface area contributed by atoms with E-state index in [0.717, 1.165) is 13.1 Å². The van der Waals surface area contributed by atoms with E-state index in [-0.39, 0.29) is 5.92 Å². The number of hydrogen-bond acceptors (Lipinski definition) is 4. The van der Waals surface area contributed by atoms with Gasteiger partial charge in [-0.3, -0.25) is 0 Å². The quantitative estimate of drug-likeness (QED) is 0.718. The first kappa shape index (κ1) is 7.60. The van der Waals surface area contributed by atoms with Gasteiger partial charge >= 0.3 is 6.43 Å². The highest BCUT2D eigenvalue weighted by Gasteiger charge is 2.26. The third kappa shape index (κ3) is 1.18. The van der Waals surface area contributed by atoms with Crippen LogP contribution in [0.4, 0.5) is 8.78 Å². The van der Waals surface area contributed by atoms with E-state index in [4.69, 9.17) is 4.42 Å². The van der Waals surface area contributed by atoms with Crippen LogP contribution in [0.5, 0.6) is 0 Å². The fraction of sp³-hybridized carbons (Fsp3) is 0.667. The largest absolute Gasteiger partial charge is 0.419 e. The molecular formula is C6H7F2N3O. The molecule has 66 valence electrons. The Kier molecular flexibility index (Phi) is 1.76. The van der Waals surface area contributed by atoms with Crippen molar-refractivity contribution in [2.45, 2.75) is 12.3 Å². The van der Waals surface area contributed by atoms with Gasteiger partial charge in [-0.2, -0.15) is 8.78 Å². The lowest BCUT2D eigenvalue weighted by atomic mass is 10.0. The number of rotatable bonds is 2. The molecule has 0 radical (unpaired) electrons. The Balaban J connectivity index is 2.12. The summed E-state index contributed by atoms with van der Waals surface area (Å²) in [5.41, 5.74) is 0. The van der Waals surface area contributed by atoms with Gasteiger partial charge in [0.25, 0.3) is 5.89 Å². The highest BCUT2D eigenvalue weighted by atomic mass is 19.3. The highest BCUT2D eigenvalue weighted by molar-refractivity contribution is 4.99. The molecule has 0 spiro atoms. The van der Waals surface area contributed by atoms with Crippen LogP contribution < -0.4 is 5.32 Å². The summed E-state index contributed by atoms with van der Waals surface area (Å²) >= 11 is 0. The second-order valence-corrected chi connectivity index (χ2v) is 2.63. The van der Waals surface area contributed by atoms with Crippen LogP contribution >= 0.6 is 0 Å².